The van der Waals surface area contributed by atoms with Crippen molar-refractivity contribution >= 4 is 50.1 Å². The first kappa shape index (κ1) is 12.4. The molecule has 3 rings (SSSR count). The van der Waals surface area contributed by atoms with E-state index in [9.17, 15) is 4.79 Å². The highest BCUT2D eigenvalue weighted by Gasteiger charge is 2.20. The first-order valence-electron chi connectivity index (χ1n) is 5.32. The Hall–Kier alpha value is -1.66. The maximum atomic E-state index is 11.7. The lowest BCUT2D eigenvalue weighted by Crippen LogP contribution is -2.05. The molecule has 0 saturated carbocycles. The number of carbonyl (C=O) groups excluding carboxylic acids is 1. The lowest BCUT2D eigenvalue weighted by atomic mass is 10.2. The molecule has 3 aromatic heterocycles. The number of esters is 1. The third kappa shape index (κ3) is 1.87. The van der Waals surface area contributed by atoms with Crippen LogP contribution in [0.1, 0.15) is 10.5 Å². The minimum Gasteiger partial charge on any atom is -0.464 e. The number of imidazole rings is 1. The van der Waals surface area contributed by atoms with Crippen molar-refractivity contribution < 1.29 is 9.53 Å². The molecule has 19 heavy (non-hydrogen) atoms. The molecule has 0 N–H and O–H groups in total. The summed E-state index contributed by atoms with van der Waals surface area (Å²) in [7, 11) is 1.30. The van der Waals surface area contributed by atoms with Gasteiger partial charge in [-0.2, -0.15) is 0 Å². The highest BCUT2D eigenvalue weighted by Crippen LogP contribution is 2.26. The molecule has 0 aliphatic rings. The number of aromatic nitrogens is 3. The van der Waals surface area contributed by atoms with Gasteiger partial charge in [0.1, 0.15) is 5.65 Å². The van der Waals surface area contributed by atoms with Gasteiger partial charge in [-0.1, -0.05) is 11.6 Å². The summed E-state index contributed by atoms with van der Waals surface area (Å²) in [6, 6.07) is 3.67. The molecule has 0 fully saturated rings. The van der Waals surface area contributed by atoms with Crippen LogP contribution in [-0.4, -0.2) is 27.4 Å². The van der Waals surface area contributed by atoms with Gasteiger partial charge < -0.3 is 4.74 Å². The van der Waals surface area contributed by atoms with E-state index in [2.05, 4.69) is 25.9 Å². The highest BCUT2D eigenvalue weighted by molar-refractivity contribution is 9.10. The molecule has 0 radical (unpaired) electrons. The van der Waals surface area contributed by atoms with Gasteiger partial charge in [0.15, 0.2) is 10.8 Å². The number of hydrogen-bond acceptors (Lipinski definition) is 4. The third-order valence-electron chi connectivity index (χ3n) is 2.75. The predicted molar refractivity (Wildman–Crippen MR) is 74.5 cm³/mol. The van der Waals surface area contributed by atoms with E-state index < -0.39 is 5.97 Å². The normalized spacial score (nSPS) is 11.1. The fraction of sp³-hybridized carbons (Fsp3) is 0.0833. The largest absolute Gasteiger partial charge is 0.464 e. The molecule has 0 spiro atoms. The van der Waals surface area contributed by atoms with Crippen molar-refractivity contribution in [3.8, 4) is 0 Å². The first-order chi connectivity index (χ1) is 9.11. The van der Waals surface area contributed by atoms with Crippen molar-refractivity contribution in [2.24, 2.45) is 0 Å². The van der Waals surface area contributed by atoms with Gasteiger partial charge in [0.25, 0.3) is 0 Å². The summed E-state index contributed by atoms with van der Waals surface area (Å²) in [6.07, 6.45) is 3.40. The number of ether oxygens (including phenoxy) is 1. The van der Waals surface area contributed by atoms with Crippen LogP contribution < -0.4 is 0 Å². The van der Waals surface area contributed by atoms with E-state index >= 15 is 0 Å². The molecule has 0 aliphatic carbocycles. The first-order valence-corrected chi connectivity index (χ1v) is 6.49. The lowest BCUT2D eigenvalue weighted by molar-refractivity contribution is 0.0593. The number of fused-ring (bicyclic) bond motifs is 3. The molecule has 7 heteroatoms. The summed E-state index contributed by atoms with van der Waals surface area (Å²) in [6.45, 7) is 0. The van der Waals surface area contributed by atoms with E-state index in [0.29, 0.717) is 5.65 Å². The van der Waals surface area contributed by atoms with Crippen LogP contribution in [0.2, 0.25) is 5.15 Å². The summed E-state index contributed by atoms with van der Waals surface area (Å²) in [5.74, 6) is -0.528. The van der Waals surface area contributed by atoms with Gasteiger partial charge >= 0.3 is 5.97 Å². The van der Waals surface area contributed by atoms with Gasteiger partial charge in [-0.05, 0) is 28.1 Å². The average molecular weight is 341 g/mol. The van der Waals surface area contributed by atoms with E-state index in [-0.39, 0.29) is 10.8 Å². The SMILES string of the molecule is COC(=O)c1c(Cl)nc2c3cc(Br)cnc3ccn12. The molecule has 3 heterocycles. The highest BCUT2D eigenvalue weighted by atomic mass is 79.9. The van der Waals surface area contributed by atoms with Gasteiger partial charge in [-0.3, -0.25) is 9.38 Å². The number of halogens is 2. The summed E-state index contributed by atoms with van der Waals surface area (Å²) >= 11 is 9.38. The number of rotatable bonds is 1. The standard InChI is InChI=1S/C12H7BrClN3O2/c1-19-12(18)9-10(14)16-11-7-4-6(13)5-15-8(7)2-3-17(9)11/h2-5H,1H3. The molecule has 96 valence electrons. The van der Waals surface area contributed by atoms with Gasteiger partial charge in [0.05, 0.1) is 12.6 Å². The van der Waals surface area contributed by atoms with Crippen LogP contribution in [0, 0.1) is 0 Å². The molecular weight excluding hydrogens is 334 g/mol. The zero-order valence-electron chi connectivity index (χ0n) is 9.72. The zero-order chi connectivity index (χ0) is 13.6. The van der Waals surface area contributed by atoms with Crippen LogP contribution in [-0.2, 0) is 4.74 Å². The smallest absolute Gasteiger partial charge is 0.358 e. The van der Waals surface area contributed by atoms with Crippen LogP contribution in [0.3, 0.4) is 0 Å². The summed E-state index contributed by atoms with van der Waals surface area (Å²) in [4.78, 5) is 20.2. The van der Waals surface area contributed by atoms with E-state index in [1.54, 1.807) is 22.9 Å². The Morgan fingerprint density at radius 1 is 1.53 bits per heavy atom. The van der Waals surface area contributed by atoms with Crippen molar-refractivity contribution in [2.45, 2.75) is 0 Å². The van der Waals surface area contributed by atoms with Crippen molar-refractivity contribution in [3.63, 3.8) is 0 Å². The molecule has 0 bridgehead atoms. The quantitative estimate of drug-likeness (QED) is 0.639. The predicted octanol–water partition coefficient (Wildman–Crippen LogP) is 3.09. The van der Waals surface area contributed by atoms with E-state index in [1.165, 1.54) is 7.11 Å². The van der Waals surface area contributed by atoms with Crippen LogP contribution >= 0.6 is 27.5 Å². The summed E-state index contributed by atoms with van der Waals surface area (Å²) in [5, 5.41) is 0.910. The summed E-state index contributed by atoms with van der Waals surface area (Å²) < 4.78 is 7.14. The maximum absolute atomic E-state index is 11.7. The van der Waals surface area contributed by atoms with Crippen LogP contribution in [0.15, 0.2) is 29.0 Å². The Kier molecular flexibility index (Phi) is 2.91. The zero-order valence-corrected chi connectivity index (χ0v) is 12.1. The number of pyridine rings is 2. The maximum Gasteiger partial charge on any atom is 0.358 e. The monoisotopic (exact) mass is 339 g/mol. The summed E-state index contributed by atoms with van der Waals surface area (Å²) in [5.41, 5.74) is 1.55. The molecular formula is C12H7BrClN3O2. The fourth-order valence-electron chi connectivity index (χ4n) is 1.93. The minimum absolute atomic E-state index is 0.110. The number of methoxy groups -OCH3 is 1. The number of nitrogens with zero attached hydrogens (tertiary/aromatic N) is 3. The second-order valence-corrected chi connectivity index (χ2v) is 5.11. The molecule has 0 aromatic carbocycles. The fourth-order valence-corrected chi connectivity index (χ4v) is 2.51. The van der Waals surface area contributed by atoms with Gasteiger partial charge in [-0.15, -0.1) is 0 Å². The van der Waals surface area contributed by atoms with Crippen molar-refractivity contribution in [3.05, 3.63) is 39.8 Å². The molecule has 5 nitrogen and oxygen atoms in total. The van der Waals surface area contributed by atoms with Crippen molar-refractivity contribution in [1.29, 1.82) is 0 Å². The topological polar surface area (TPSA) is 56.5 Å². The van der Waals surface area contributed by atoms with Gasteiger partial charge in [0.2, 0.25) is 0 Å². The third-order valence-corrected chi connectivity index (χ3v) is 3.45. The second-order valence-electron chi connectivity index (χ2n) is 3.84. The van der Waals surface area contributed by atoms with Crippen molar-refractivity contribution in [2.75, 3.05) is 7.11 Å². The van der Waals surface area contributed by atoms with E-state index in [4.69, 9.17) is 16.3 Å². The van der Waals surface area contributed by atoms with Gasteiger partial charge in [-0.25, -0.2) is 9.78 Å². The number of hydrogen-bond donors (Lipinski definition) is 0. The van der Waals surface area contributed by atoms with Gasteiger partial charge in [0, 0.05) is 22.3 Å². The van der Waals surface area contributed by atoms with Crippen LogP contribution in [0.4, 0.5) is 0 Å². The number of carbonyl (C=O) groups is 1. The van der Waals surface area contributed by atoms with Crippen LogP contribution in [0.5, 0.6) is 0 Å². The molecule has 0 unspecified atom stereocenters. The molecule has 0 atom stereocenters. The Morgan fingerprint density at radius 3 is 3.05 bits per heavy atom. The van der Waals surface area contributed by atoms with Crippen LogP contribution in [0.25, 0.3) is 16.6 Å². The Balaban J connectivity index is 2.44. The van der Waals surface area contributed by atoms with E-state index in [1.807, 2.05) is 6.07 Å². The van der Waals surface area contributed by atoms with E-state index in [0.717, 1.165) is 15.4 Å². The minimum atomic E-state index is -0.528. The Morgan fingerprint density at radius 2 is 2.32 bits per heavy atom. The Bertz CT molecular complexity index is 815. The Labute approximate surface area is 121 Å². The molecule has 3 aromatic rings. The molecule has 0 saturated heterocycles. The molecule has 0 amide bonds. The average Bonchev–Trinajstić information content (AvgIpc) is 2.74. The molecule has 0 aliphatic heterocycles. The second kappa shape index (κ2) is 4.47. The van der Waals surface area contributed by atoms with Crippen molar-refractivity contribution in [1.82, 2.24) is 14.4 Å². The lowest BCUT2D eigenvalue weighted by Gasteiger charge is -2.02.